The quantitative estimate of drug-likeness (QED) is 0.711. The summed E-state index contributed by atoms with van der Waals surface area (Å²) in [5, 5.41) is 11.2. The van der Waals surface area contributed by atoms with Gasteiger partial charge in [-0.2, -0.15) is 0 Å². The van der Waals surface area contributed by atoms with E-state index in [0.29, 0.717) is 21.9 Å². The Bertz CT molecular complexity index is 476. The van der Waals surface area contributed by atoms with Crippen molar-refractivity contribution in [1.29, 1.82) is 0 Å². The van der Waals surface area contributed by atoms with Gasteiger partial charge in [0.05, 0.1) is 4.70 Å². The van der Waals surface area contributed by atoms with Crippen LogP contribution in [0.5, 0.6) is 5.75 Å². The fourth-order valence-electron chi connectivity index (χ4n) is 1.21. The van der Waals surface area contributed by atoms with Crippen LogP contribution in [0, 0.1) is 5.82 Å². The third kappa shape index (κ3) is 1.10. The summed E-state index contributed by atoms with van der Waals surface area (Å²) in [5.74, 6) is -0.467. The highest BCUT2D eigenvalue weighted by atomic mass is 32.1. The van der Waals surface area contributed by atoms with E-state index >= 15 is 0 Å². The van der Waals surface area contributed by atoms with Crippen LogP contribution in [-0.2, 0) is 0 Å². The summed E-state index contributed by atoms with van der Waals surface area (Å²) >= 11 is 1.11. The van der Waals surface area contributed by atoms with Gasteiger partial charge in [0.2, 0.25) is 0 Å². The first-order chi connectivity index (χ1) is 6.24. The Morgan fingerprint density at radius 2 is 2.23 bits per heavy atom. The molecule has 0 saturated heterocycles. The van der Waals surface area contributed by atoms with Gasteiger partial charge in [-0.25, -0.2) is 4.39 Å². The molecule has 1 aromatic heterocycles. The molecule has 2 aromatic rings. The van der Waals surface area contributed by atoms with Gasteiger partial charge in [0.15, 0.2) is 6.29 Å². The molecule has 0 aliphatic rings. The lowest BCUT2D eigenvalue weighted by Crippen LogP contribution is -1.78. The molecule has 1 N–H and O–H groups in total. The fraction of sp³-hybridized carbons (Fsp3) is 0. The lowest BCUT2D eigenvalue weighted by Gasteiger charge is -1.96. The van der Waals surface area contributed by atoms with Crippen LogP contribution in [0.3, 0.4) is 0 Å². The smallest absolute Gasteiger partial charge is 0.151 e. The molecular formula is C9H5FO2S. The van der Waals surface area contributed by atoms with E-state index in [4.69, 9.17) is 0 Å². The molecule has 0 amide bonds. The molecule has 66 valence electrons. The maximum absolute atomic E-state index is 13.1. The number of phenols is 1. The predicted molar refractivity (Wildman–Crippen MR) is 48.8 cm³/mol. The highest BCUT2D eigenvalue weighted by Gasteiger charge is 2.11. The first-order valence-electron chi connectivity index (χ1n) is 3.58. The number of carbonyl (C=O) groups is 1. The van der Waals surface area contributed by atoms with Crippen molar-refractivity contribution < 1.29 is 14.3 Å². The Morgan fingerprint density at radius 1 is 1.46 bits per heavy atom. The van der Waals surface area contributed by atoms with Crippen LogP contribution in [0.25, 0.3) is 10.1 Å². The molecule has 0 aliphatic carbocycles. The topological polar surface area (TPSA) is 37.3 Å². The number of halogens is 1. The normalized spacial score (nSPS) is 10.5. The maximum Gasteiger partial charge on any atom is 0.151 e. The lowest BCUT2D eigenvalue weighted by atomic mass is 10.2. The average Bonchev–Trinajstić information content (AvgIpc) is 2.56. The minimum absolute atomic E-state index is 0.0558. The number of aromatic hydroxyl groups is 1. The standard InChI is InChI=1S/C9H5FO2S/c10-6-1-2-7(12)8-5(3-11)4-13-9(6)8/h1-4,12H. The van der Waals surface area contributed by atoms with Crippen LogP contribution in [0.4, 0.5) is 4.39 Å². The number of carbonyl (C=O) groups excluding carboxylic acids is 1. The Labute approximate surface area is 77.2 Å². The Morgan fingerprint density at radius 3 is 2.92 bits per heavy atom. The molecule has 0 aliphatic heterocycles. The number of hydrogen-bond donors (Lipinski definition) is 1. The number of rotatable bonds is 1. The van der Waals surface area contributed by atoms with E-state index in [-0.39, 0.29) is 5.75 Å². The van der Waals surface area contributed by atoms with Crippen LogP contribution in [-0.4, -0.2) is 11.4 Å². The number of hydrogen-bond acceptors (Lipinski definition) is 3. The molecule has 13 heavy (non-hydrogen) atoms. The molecule has 2 rings (SSSR count). The van der Waals surface area contributed by atoms with E-state index in [1.54, 1.807) is 0 Å². The van der Waals surface area contributed by atoms with Gasteiger partial charge in [-0.15, -0.1) is 11.3 Å². The number of phenolic OH excluding ortho intramolecular Hbond substituents is 1. The molecule has 0 bridgehead atoms. The van der Waals surface area contributed by atoms with E-state index in [9.17, 15) is 14.3 Å². The summed E-state index contributed by atoms with van der Waals surface area (Å²) in [5.41, 5.74) is 0.331. The van der Waals surface area contributed by atoms with E-state index in [1.807, 2.05) is 0 Å². The van der Waals surface area contributed by atoms with Gasteiger partial charge in [-0.3, -0.25) is 4.79 Å². The van der Waals surface area contributed by atoms with Crippen molar-refractivity contribution in [3.63, 3.8) is 0 Å². The van der Waals surface area contributed by atoms with Gasteiger partial charge < -0.3 is 5.11 Å². The number of fused-ring (bicyclic) bond motifs is 1. The van der Waals surface area contributed by atoms with Crippen molar-refractivity contribution in [2.75, 3.05) is 0 Å². The SMILES string of the molecule is O=Cc1csc2c(F)ccc(O)c12. The zero-order valence-corrected chi connectivity index (χ0v) is 7.27. The molecule has 0 fully saturated rings. The highest BCUT2D eigenvalue weighted by molar-refractivity contribution is 7.17. The van der Waals surface area contributed by atoms with E-state index in [0.717, 1.165) is 11.3 Å². The van der Waals surface area contributed by atoms with Crippen molar-refractivity contribution in [1.82, 2.24) is 0 Å². The second-order valence-electron chi connectivity index (χ2n) is 2.58. The third-order valence-corrected chi connectivity index (χ3v) is 2.81. The second kappa shape index (κ2) is 2.81. The van der Waals surface area contributed by atoms with Crippen molar-refractivity contribution in [3.8, 4) is 5.75 Å². The summed E-state index contributed by atoms with van der Waals surface area (Å²) in [6.45, 7) is 0. The average molecular weight is 196 g/mol. The van der Waals surface area contributed by atoms with E-state index in [2.05, 4.69) is 0 Å². The van der Waals surface area contributed by atoms with Crippen molar-refractivity contribution in [2.45, 2.75) is 0 Å². The molecule has 2 nitrogen and oxygen atoms in total. The molecule has 0 saturated carbocycles. The number of benzene rings is 1. The molecule has 0 spiro atoms. The van der Waals surface area contributed by atoms with Gasteiger partial charge in [0.1, 0.15) is 11.6 Å². The molecule has 1 aromatic carbocycles. The van der Waals surface area contributed by atoms with Crippen LogP contribution < -0.4 is 0 Å². The lowest BCUT2D eigenvalue weighted by molar-refractivity contribution is 0.112. The highest BCUT2D eigenvalue weighted by Crippen LogP contribution is 2.33. The molecule has 0 radical (unpaired) electrons. The summed E-state index contributed by atoms with van der Waals surface area (Å²) in [7, 11) is 0. The van der Waals surface area contributed by atoms with Gasteiger partial charge in [-0.05, 0) is 12.1 Å². The molecular weight excluding hydrogens is 191 g/mol. The fourth-order valence-corrected chi connectivity index (χ4v) is 2.15. The molecule has 0 atom stereocenters. The minimum atomic E-state index is -0.411. The van der Waals surface area contributed by atoms with Crippen LogP contribution >= 0.6 is 11.3 Å². The molecule has 0 unspecified atom stereocenters. The summed E-state index contributed by atoms with van der Waals surface area (Å²) in [6.07, 6.45) is 0.609. The van der Waals surface area contributed by atoms with Gasteiger partial charge in [0, 0.05) is 16.3 Å². The minimum Gasteiger partial charge on any atom is -0.507 e. The summed E-state index contributed by atoms with van der Waals surface area (Å²) in [6, 6.07) is 2.43. The Balaban J connectivity index is 2.95. The van der Waals surface area contributed by atoms with Gasteiger partial charge >= 0.3 is 0 Å². The zero-order valence-electron chi connectivity index (χ0n) is 6.45. The predicted octanol–water partition coefficient (Wildman–Crippen LogP) is 2.56. The van der Waals surface area contributed by atoms with Crippen molar-refractivity contribution >= 4 is 27.7 Å². The molecule has 1 heterocycles. The monoisotopic (exact) mass is 196 g/mol. The van der Waals surface area contributed by atoms with Crippen LogP contribution in [0.1, 0.15) is 10.4 Å². The molecule has 4 heteroatoms. The van der Waals surface area contributed by atoms with Crippen LogP contribution in [0.15, 0.2) is 17.5 Å². The third-order valence-electron chi connectivity index (χ3n) is 1.81. The summed E-state index contributed by atoms with van der Waals surface area (Å²) in [4.78, 5) is 10.5. The Kier molecular flexibility index (Phi) is 1.77. The van der Waals surface area contributed by atoms with Gasteiger partial charge in [-0.1, -0.05) is 0 Å². The largest absolute Gasteiger partial charge is 0.507 e. The first-order valence-corrected chi connectivity index (χ1v) is 4.46. The number of aldehydes is 1. The maximum atomic E-state index is 13.1. The van der Waals surface area contributed by atoms with Gasteiger partial charge in [0.25, 0.3) is 0 Å². The van der Waals surface area contributed by atoms with Crippen molar-refractivity contribution in [2.24, 2.45) is 0 Å². The second-order valence-corrected chi connectivity index (χ2v) is 3.46. The first kappa shape index (κ1) is 8.19. The summed E-state index contributed by atoms with van der Waals surface area (Å²) < 4.78 is 13.4. The van der Waals surface area contributed by atoms with Crippen LogP contribution in [0.2, 0.25) is 0 Å². The van der Waals surface area contributed by atoms with E-state index in [1.165, 1.54) is 17.5 Å². The van der Waals surface area contributed by atoms with Crippen molar-refractivity contribution in [3.05, 3.63) is 28.9 Å². The van der Waals surface area contributed by atoms with E-state index < -0.39 is 5.82 Å². The Hall–Kier alpha value is -1.42. The number of thiophene rings is 1. The zero-order chi connectivity index (χ0) is 9.42.